The van der Waals surface area contributed by atoms with Crippen LogP contribution in [0.2, 0.25) is 0 Å². The van der Waals surface area contributed by atoms with E-state index in [9.17, 15) is 0 Å². The van der Waals surface area contributed by atoms with Crippen LogP contribution in [0.25, 0.3) is 0 Å². The topological polar surface area (TPSA) is 17.3 Å². The van der Waals surface area contributed by atoms with E-state index in [1.54, 1.807) is 0 Å². The Morgan fingerprint density at radius 1 is 1.25 bits per heavy atom. The van der Waals surface area contributed by atoms with Gasteiger partial charge in [0.1, 0.15) is 0 Å². The molecule has 0 amide bonds. The third-order valence-corrected chi connectivity index (χ3v) is 3.15. The maximum Gasteiger partial charge on any atom is 0.0369 e. The highest BCUT2D eigenvalue weighted by Crippen LogP contribution is 2.18. The molecule has 1 radical (unpaired) electrons. The van der Waals surface area contributed by atoms with Crippen LogP contribution >= 0.6 is 0 Å². The third-order valence-electron chi connectivity index (χ3n) is 3.15. The van der Waals surface area contributed by atoms with Crippen LogP contribution in [0.5, 0.6) is 0 Å². The maximum atomic E-state index is 4.38. The molecule has 16 heavy (non-hydrogen) atoms. The van der Waals surface area contributed by atoms with Crippen molar-refractivity contribution in [2.24, 2.45) is 0 Å². The van der Waals surface area contributed by atoms with Crippen LogP contribution in [-0.4, -0.2) is 26.2 Å². The first kappa shape index (κ1) is 11.5. The summed E-state index contributed by atoms with van der Waals surface area (Å²) in [6.07, 6.45) is 3.77. The predicted octanol–water partition coefficient (Wildman–Crippen LogP) is 2.45. The van der Waals surface area contributed by atoms with E-state index in [1.165, 1.54) is 30.5 Å². The molecule has 1 aromatic carbocycles. The number of rotatable bonds is 4. The van der Waals surface area contributed by atoms with Gasteiger partial charge in [-0.25, -0.2) is 5.32 Å². The molecular formula is C14H21N2. The summed E-state index contributed by atoms with van der Waals surface area (Å²) in [6.45, 7) is 6.38. The van der Waals surface area contributed by atoms with E-state index in [0.29, 0.717) is 0 Å². The number of aryl methyl sites for hydroxylation is 1. The summed E-state index contributed by atoms with van der Waals surface area (Å²) in [5, 5.41) is 4.38. The van der Waals surface area contributed by atoms with Crippen molar-refractivity contribution < 1.29 is 0 Å². The van der Waals surface area contributed by atoms with Gasteiger partial charge in [-0.1, -0.05) is 25.5 Å². The van der Waals surface area contributed by atoms with E-state index in [1.807, 2.05) is 0 Å². The normalized spacial score (nSPS) is 16.4. The first-order valence-electron chi connectivity index (χ1n) is 6.37. The molecule has 1 aliphatic heterocycles. The molecule has 1 aromatic rings. The fraction of sp³-hybridized carbons (Fsp3) is 0.571. The predicted molar refractivity (Wildman–Crippen MR) is 69.1 cm³/mol. The lowest BCUT2D eigenvalue weighted by Crippen LogP contribution is -2.40. The lowest BCUT2D eigenvalue weighted by Gasteiger charge is -2.28. The van der Waals surface area contributed by atoms with Gasteiger partial charge in [-0.15, -0.1) is 0 Å². The largest absolute Gasteiger partial charge is 0.369 e. The van der Waals surface area contributed by atoms with Gasteiger partial charge in [0.25, 0.3) is 0 Å². The SMILES string of the molecule is CCCCc1cccc(N2CC[N]CC2)c1. The van der Waals surface area contributed by atoms with E-state index in [-0.39, 0.29) is 0 Å². The minimum absolute atomic E-state index is 0.985. The zero-order valence-corrected chi connectivity index (χ0v) is 10.2. The lowest BCUT2D eigenvalue weighted by molar-refractivity contribution is 0.579. The van der Waals surface area contributed by atoms with Crippen molar-refractivity contribution in [1.29, 1.82) is 0 Å². The van der Waals surface area contributed by atoms with Crippen molar-refractivity contribution >= 4 is 5.69 Å². The van der Waals surface area contributed by atoms with E-state index < -0.39 is 0 Å². The summed E-state index contributed by atoms with van der Waals surface area (Å²) in [6, 6.07) is 9.00. The molecule has 0 atom stereocenters. The molecule has 2 nitrogen and oxygen atoms in total. The Balaban J connectivity index is 2.02. The second-order valence-corrected chi connectivity index (χ2v) is 4.43. The highest BCUT2D eigenvalue weighted by Gasteiger charge is 2.10. The van der Waals surface area contributed by atoms with Crippen LogP contribution in [0, 0.1) is 0 Å². The van der Waals surface area contributed by atoms with E-state index >= 15 is 0 Å². The molecule has 1 heterocycles. The molecule has 0 saturated carbocycles. The zero-order valence-electron chi connectivity index (χ0n) is 10.2. The summed E-state index contributed by atoms with van der Waals surface area (Å²) in [7, 11) is 0. The van der Waals surface area contributed by atoms with Crippen LogP contribution in [0.4, 0.5) is 5.69 Å². The first-order chi connectivity index (χ1) is 7.90. The second kappa shape index (κ2) is 5.90. The summed E-state index contributed by atoms with van der Waals surface area (Å²) < 4.78 is 0. The quantitative estimate of drug-likeness (QED) is 0.757. The number of hydrogen-bond acceptors (Lipinski definition) is 1. The fourth-order valence-electron chi connectivity index (χ4n) is 2.15. The van der Waals surface area contributed by atoms with Gasteiger partial charge < -0.3 is 4.90 Å². The summed E-state index contributed by atoms with van der Waals surface area (Å²) >= 11 is 0. The minimum atomic E-state index is 0.985. The number of unbranched alkanes of at least 4 members (excludes halogenated alkanes) is 1. The Hall–Kier alpha value is -1.02. The highest BCUT2D eigenvalue weighted by molar-refractivity contribution is 5.49. The molecule has 0 N–H and O–H groups in total. The Morgan fingerprint density at radius 3 is 2.81 bits per heavy atom. The lowest BCUT2D eigenvalue weighted by atomic mass is 10.1. The first-order valence-corrected chi connectivity index (χ1v) is 6.37. The maximum absolute atomic E-state index is 4.38. The van der Waals surface area contributed by atoms with Crippen molar-refractivity contribution in [2.75, 3.05) is 31.1 Å². The fourth-order valence-corrected chi connectivity index (χ4v) is 2.15. The molecule has 1 saturated heterocycles. The molecular weight excluding hydrogens is 196 g/mol. The smallest absolute Gasteiger partial charge is 0.0369 e. The number of nitrogens with zero attached hydrogens (tertiary/aromatic N) is 2. The van der Waals surface area contributed by atoms with Gasteiger partial charge >= 0.3 is 0 Å². The molecule has 1 aliphatic rings. The molecule has 2 rings (SSSR count). The third kappa shape index (κ3) is 2.99. The molecule has 1 fully saturated rings. The van der Waals surface area contributed by atoms with Crippen LogP contribution < -0.4 is 10.2 Å². The van der Waals surface area contributed by atoms with Crippen LogP contribution in [0.15, 0.2) is 24.3 Å². The molecule has 2 heteroatoms. The molecule has 0 spiro atoms. The zero-order chi connectivity index (χ0) is 11.2. The summed E-state index contributed by atoms with van der Waals surface area (Å²) in [5.41, 5.74) is 2.85. The van der Waals surface area contributed by atoms with Gasteiger partial charge in [0.2, 0.25) is 0 Å². The van der Waals surface area contributed by atoms with Gasteiger partial charge in [-0.2, -0.15) is 0 Å². The van der Waals surface area contributed by atoms with Gasteiger partial charge in [-0.05, 0) is 30.5 Å². The second-order valence-electron chi connectivity index (χ2n) is 4.43. The van der Waals surface area contributed by atoms with Gasteiger partial charge in [0.15, 0.2) is 0 Å². The minimum Gasteiger partial charge on any atom is -0.369 e. The molecule has 0 aromatic heterocycles. The Kier molecular flexibility index (Phi) is 4.23. The van der Waals surface area contributed by atoms with Crippen molar-refractivity contribution in [2.45, 2.75) is 26.2 Å². The van der Waals surface area contributed by atoms with E-state index in [4.69, 9.17) is 0 Å². The van der Waals surface area contributed by atoms with Crippen LogP contribution in [-0.2, 0) is 6.42 Å². The molecule has 0 bridgehead atoms. The van der Waals surface area contributed by atoms with Crippen molar-refractivity contribution in [3.63, 3.8) is 0 Å². The summed E-state index contributed by atoms with van der Waals surface area (Å²) in [5.74, 6) is 0. The van der Waals surface area contributed by atoms with Crippen molar-refractivity contribution in [3.05, 3.63) is 29.8 Å². The highest BCUT2D eigenvalue weighted by atomic mass is 15.2. The van der Waals surface area contributed by atoms with E-state index in [2.05, 4.69) is 41.4 Å². The van der Waals surface area contributed by atoms with Crippen LogP contribution in [0.3, 0.4) is 0 Å². The van der Waals surface area contributed by atoms with Crippen LogP contribution in [0.1, 0.15) is 25.3 Å². The van der Waals surface area contributed by atoms with Gasteiger partial charge in [0, 0.05) is 31.9 Å². The standard InChI is InChI=1S/C14H21N2/c1-2-3-5-13-6-4-7-14(12-13)16-10-8-15-9-11-16/h4,6-7,12H,2-3,5,8-11H2,1H3. The van der Waals surface area contributed by atoms with E-state index in [0.717, 1.165) is 26.2 Å². The average Bonchev–Trinajstić information content (AvgIpc) is 2.38. The van der Waals surface area contributed by atoms with Crippen molar-refractivity contribution in [3.8, 4) is 0 Å². The number of hydrogen-bond donors (Lipinski definition) is 0. The summed E-state index contributed by atoms with van der Waals surface area (Å²) in [4.78, 5) is 2.45. The van der Waals surface area contributed by atoms with Crippen molar-refractivity contribution in [1.82, 2.24) is 5.32 Å². The molecule has 0 aliphatic carbocycles. The molecule has 0 unspecified atom stereocenters. The Morgan fingerprint density at radius 2 is 2.06 bits per heavy atom. The monoisotopic (exact) mass is 217 g/mol. The number of anilines is 1. The Bertz CT molecular complexity index is 316. The molecule has 87 valence electrons. The number of piperazine rings is 1. The van der Waals surface area contributed by atoms with Gasteiger partial charge in [0.05, 0.1) is 0 Å². The average molecular weight is 217 g/mol. The number of benzene rings is 1. The Labute approximate surface area is 98.7 Å². The van der Waals surface area contributed by atoms with Gasteiger partial charge in [-0.3, -0.25) is 0 Å².